The Kier molecular flexibility index (Phi) is 0.695. The number of fused-ring (bicyclic) bond motifs is 1. The van der Waals surface area contributed by atoms with Crippen molar-refractivity contribution in [3.8, 4) is 0 Å². The molecule has 1 saturated carbocycles. The van der Waals surface area contributed by atoms with Crippen LogP contribution in [0.5, 0.6) is 0 Å². The van der Waals surface area contributed by atoms with E-state index in [1.807, 2.05) is 6.08 Å². The Bertz CT molecular complexity index is 185. The molecule has 3 heteroatoms. The molecule has 2 aliphatic rings. The topological polar surface area (TPSA) is 46.5 Å². The van der Waals surface area contributed by atoms with Gasteiger partial charge >= 0.3 is 5.97 Å². The summed E-state index contributed by atoms with van der Waals surface area (Å²) in [5, 5.41) is 8.45. The predicted octanol–water partition coefficient (Wildman–Crippen LogP) is 0.229. The van der Waals surface area contributed by atoms with Crippen molar-refractivity contribution in [2.24, 2.45) is 11.8 Å². The molecule has 1 N–H and O–H groups in total. The van der Waals surface area contributed by atoms with Crippen molar-refractivity contribution in [3.05, 3.63) is 12.3 Å². The van der Waals surface area contributed by atoms with Crippen molar-refractivity contribution in [1.29, 1.82) is 0 Å². The molecule has 1 aliphatic carbocycles. The Hall–Kier alpha value is -0.990. The number of hydrogen-bond donors (Lipinski definition) is 1. The Labute approximate surface area is 51.9 Å². The summed E-state index contributed by atoms with van der Waals surface area (Å²) >= 11 is 0. The van der Waals surface area contributed by atoms with Crippen LogP contribution in [0.3, 0.4) is 0 Å². The van der Waals surface area contributed by atoms with Crippen molar-refractivity contribution >= 4 is 5.97 Å². The van der Waals surface area contributed by atoms with Crippen LogP contribution in [-0.4, -0.2) is 17.2 Å². The van der Waals surface area contributed by atoms with E-state index in [1.165, 1.54) is 0 Å². The van der Waals surface area contributed by atoms with Crippen LogP contribution in [0.25, 0.3) is 0 Å². The molecule has 0 radical (unpaired) electrons. The van der Waals surface area contributed by atoms with Gasteiger partial charge in [0.1, 0.15) is 12.0 Å². The van der Waals surface area contributed by atoms with Gasteiger partial charge in [-0.25, -0.2) is 0 Å². The highest BCUT2D eigenvalue weighted by molar-refractivity contribution is 5.76. The monoisotopic (exact) mass is 126 g/mol. The summed E-state index contributed by atoms with van der Waals surface area (Å²) in [6.07, 6.45) is 3.35. The van der Waals surface area contributed by atoms with Crippen LogP contribution in [0.1, 0.15) is 0 Å². The number of hydrogen-bond acceptors (Lipinski definition) is 2. The Morgan fingerprint density at radius 2 is 2.44 bits per heavy atom. The van der Waals surface area contributed by atoms with Gasteiger partial charge in [0.2, 0.25) is 0 Å². The fourth-order valence-electron chi connectivity index (χ4n) is 1.24. The number of carbonyl (C=O) groups is 1. The standard InChI is InChI=1S/C6H6O3/c7-6(8)4-3-1-2-9-5(3)4/h1-5H,(H,7,8). The maximum atomic E-state index is 10.3. The van der Waals surface area contributed by atoms with Crippen LogP contribution < -0.4 is 0 Å². The fraction of sp³-hybridized carbons (Fsp3) is 0.500. The normalized spacial score (nSPS) is 43.8. The van der Waals surface area contributed by atoms with E-state index in [4.69, 9.17) is 9.84 Å². The lowest BCUT2D eigenvalue weighted by atomic mass is 10.3. The van der Waals surface area contributed by atoms with Gasteiger partial charge in [-0.1, -0.05) is 0 Å². The number of carboxylic acid groups (broad SMARTS) is 1. The molecule has 1 aliphatic heterocycles. The van der Waals surface area contributed by atoms with Crippen molar-refractivity contribution in [2.45, 2.75) is 6.10 Å². The molecule has 0 aromatic rings. The molecule has 9 heavy (non-hydrogen) atoms. The zero-order chi connectivity index (χ0) is 6.43. The largest absolute Gasteiger partial charge is 0.497 e. The number of carboxylic acids is 1. The highest BCUT2D eigenvalue weighted by Crippen LogP contribution is 2.46. The minimum absolute atomic E-state index is 0.0394. The molecule has 1 heterocycles. The highest BCUT2D eigenvalue weighted by atomic mass is 16.5. The van der Waals surface area contributed by atoms with E-state index in [1.54, 1.807) is 6.26 Å². The van der Waals surface area contributed by atoms with Gasteiger partial charge in [-0.3, -0.25) is 4.79 Å². The van der Waals surface area contributed by atoms with Gasteiger partial charge < -0.3 is 9.84 Å². The van der Waals surface area contributed by atoms with Crippen molar-refractivity contribution in [2.75, 3.05) is 0 Å². The summed E-state index contributed by atoms with van der Waals surface area (Å²) < 4.78 is 4.94. The van der Waals surface area contributed by atoms with E-state index in [0.717, 1.165) is 0 Å². The number of aliphatic carboxylic acids is 1. The fourth-order valence-corrected chi connectivity index (χ4v) is 1.24. The first-order chi connectivity index (χ1) is 4.30. The van der Waals surface area contributed by atoms with Crippen LogP contribution in [0.15, 0.2) is 12.3 Å². The molecule has 0 saturated heterocycles. The Morgan fingerprint density at radius 3 is 2.78 bits per heavy atom. The summed E-state index contributed by atoms with van der Waals surface area (Å²) in [6, 6.07) is 0. The molecule has 48 valence electrons. The second-order valence-corrected chi connectivity index (χ2v) is 2.37. The quantitative estimate of drug-likeness (QED) is 0.547. The molecule has 1 fully saturated rings. The second kappa shape index (κ2) is 1.29. The van der Waals surface area contributed by atoms with Crippen LogP contribution in [0.2, 0.25) is 0 Å². The number of ether oxygens (including phenoxy) is 1. The van der Waals surface area contributed by atoms with Crippen LogP contribution in [0.4, 0.5) is 0 Å². The van der Waals surface area contributed by atoms with Gasteiger partial charge in [0.05, 0.1) is 6.26 Å². The van der Waals surface area contributed by atoms with E-state index in [2.05, 4.69) is 0 Å². The van der Waals surface area contributed by atoms with Crippen molar-refractivity contribution < 1.29 is 14.6 Å². The molecule has 0 aromatic heterocycles. The molecular formula is C6H6O3. The maximum Gasteiger partial charge on any atom is 0.311 e. The number of rotatable bonds is 1. The Balaban J connectivity index is 2.10. The summed E-state index contributed by atoms with van der Waals surface area (Å²) in [4.78, 5) is 10.3. The highest BCUT2D eigenvalue weighted by Gasteiger charge is 2.58. The van der Waals surface area contributed by atoms with Crippen LogP contribution in [-0.2, 0) is 9.53 Å². The molecule has 2 rings (SSSR count). The third kappa shape index (κ3) is 0.487. The molecule has 3 atom stereocenters. The summed E-state index contributed by atoms with van der Waals surface area (Å²) in [5.41, 5.74) is 0. The Morgan fingerprint density at radius 1 is 1.67 bits per heavy atom. The van der Waals surface area contributed by atoms with Crippen molar-refractivity contribution in [1.82, 2.24) is 0 Å². The van der Waals surface area contributed by atoms with Gasteiger partial charge in [-0.05, 0) is 6.08 Å². The maximum absolute atomic E-state index is 10.3. The van der Waals surface area contributed by atoms with Gasteiger partial charge in [0, 0.05) is 5.92 Å². The van der Waals surface area contributed by atoms with E-state index in [0.29, 0.717) is 0 Å². The lowest BCUT2D eigenvalue weighted by Gasteiger charge is -1.92. The van der Waals surface area contributed by atoms with E-state index in [-0.39, 0.29) is 17.9 Å². The van der Waals surface area contributed by atoms with E-state index < -0.39 is 5.97 Å². The van der Waals surface area contributed by atoms with Crippen LogP contribution in [0, 0.1) is 11.8 Å². The van der Waals surface area contributed by atoms with E-state index in [9.17, 15) is 4.79 Å². The SMILES string of the molecule is O=C(O)C1C2C=COC21. The van der Waals surface area contributed by atoms with E-state index >= 15 is 0 Å². The van der Waals surface area contributed by atoms with Crippen molar-refractivity contribution in [3.63, 3.8) is 0 Å². The molecule has 0 aromatic carbocycles. The lowest BCUT2D eigenvalue weighted by molar-refractivity contribution is -0.139. The molecular weight excluding hydrogens is 120 g/mol. The second-order valence-electron chi connectivity index (χ2n) is 2.37. The van der Waals surface area contributed by atoms with Gasteiger partial charge in [-0.2, -0.15) is 0 Å². The third-order valence-electron chi connectivity index (χ3n) is 1.83. The van der Waals surface area contributed by atoms with Gasteiger partial charge in [-0.15, -0.1) is 0 Å². The molecule has 0 spiro atoms. The minimum atomic E-state index is -0.741. The minimum Gasteiger partial charge on any atom is -0.497 e. The van der Waals surface area contributed by atoms with Gasteiger partial charge in [0.15, 0.2) is 0 Å². The molecule has 3 nitrogen and oxygen atoms in total. The van der Waals surface area contributed by atoms with Gasteiger partial charge in [0.25, 0.3) is 0 Å². The molecule has 0 amide bonds. The smallest absolute Gasteiger partial charge is 0.311 e. The zero-order valence-electron chi connectivity index (χ0n) is 4.65. The summed E-state index contributed by atoms with van der Waals surface area (Å²) in [5.74, 6) is -0.827. The molecule has 0 bridgehead atoms. The lowest BCUT2D eigenvalue weighted by Crippen LogP contribution is -2.03. The summed E-state index contributed by atoms with van der Waals surface area (Å²) in [7, 11) is 0. The van der Waals surface area contributed by atoms with Crippen LogP contribution >= 0.6 is 0 Å². The first kappa shape index (κ1) is 4.85. The first-order valence-corrected chi connectivity index (χ1v) is 2.85. The predicted molar refractivity (Wildman–Crippen MR) is 28.6 cm³/mol. The summed E-state index contributed by atoms with van der Waals surface area (Å²) in [6.45, 7) is 0. The first-order valence-electron chi connectivity index (χ1n) is 2.85. The third-order valence-corrected chi connectivity index (χ3v) is 1.83. The average molecular weight is 126 g/mol. The molecule has 3 unspecified atom stereocenters. The average Bonchev–Trinajstić information content (AvgIpc) is 2.30. The zero-order valence-corrected chi connectivity index (χ0v) is 4.65.